The summed E-state index contributed by atoms with van der Waals surface area (Å²) in [5.74, 6) is -1.93. The molecule has 1 aliphatic rings. The first-order valence-electron chi connectivity index (χ1n) is 6.96. The normalized spacial score (nSPS) is 32.5. The van der Waals surface area contributed by atoms with Crippen LogP contribution in [0.1, 0.15) is 44.0 Å². The van der Waals surface area contributed by atoms with Gasteiger partial charge in [0.05, 0.1) is 6.10 Å². The van der Waals surface area contributed by atoms with Gasteiger partial charge < -0.3 is 14.6 Å². The number of carbonyl (C=O) groups excluding carboxylic acids is 2. The van der Waals surface area contributed by atoms with Crippen LogP contribution in [0.2, 0.25) is 0 Å². The summed E-state index contributed by atoms with van der Waals surface area (Å²) in [4.78, 5) is 23.6. The summed E-state index contributed by atoms with van der Waals surface area (Å²) in [6, 6.07) is 8.61. The molecule has 0 unspecified atom stereocenters. The van der Waals surface area contributed by atoms with Crippen LogP contribution in [0, 0.1) is 0 Å². The maximum atomic E-state index is 12.5. The minimum atomic E-state index is -1.61. The lowest BCUT2D eigenvalue weighted by Gasteiger charge is -2.44. The molecule has 1 aromatic rings. The van der Waals surface area contributed by atoms with E-state index in [9.17, 15) is 14.7 Å². The van der Waals surface area contributed by atoms with Crippen LogP contribution >= 0.6 is 0 Å². The highest BCUT2D eigenvalue weighted by atomic mass is 16.7. The maximum absolute atomic E-state index is 12.5. The van der Waals surface area contributed by atoms with Crippen LogP contribution in [0.15, 0.2) is 30.3 Å². The Morgan fingerprint density at radius 1 is 1.29 bits per heavy atom. The monoisotopic (exact) mass is 292 g/mol. The van der Waals surface area contributed by atoms with Crippen molar-refractivity contribution in [2.75, 3.05) is 0 Å². The van der Waals surface area contributed by atoms with Crippen LogP contribution in [0.5, 0.6) is 0 Å². The molecule has 1 heterocycles. The van der Waals surface area contributed by atoms with Crippen LogP contribution in [0.4, 0.5) is 0 Å². The summed E-state index contributed by atoms with van der Waals surface area (Å²) in [7, 11) is 0. The van der Waals surface area contributed by atoms with Crippen LogP contribution < -0.4 is 0 Å². The number of aliphatic hydroxyl groups is 1. The van der Waals surface area contributed by atoms with Crippen LogP contribution in [-0.2, 0) is 14.3 Å². The average molecular weight is 292 g/mol. The zero-order chi connectivity index (χ0) is 15.7. The van der Waals surface area contributed by atoms with Crippen LogP contribution in [-0.4, -0.2) is 34.4 Å². The molecule has 1 saturated heterocycles. The van der Waals surface area contributed by atoms with Gasteiger partial charge in [-0.2, -0.15) is 0 Å². The summed E-state index contributed by atoms with van der Waals surface area (Å²) in [6.07, 6.45) is -0.346. The molecule has 5 nitrogen and oxygen atoms in total. The fourth-order valence-corrected chi connectivity index (χ4v) is 2.67. The molecule has 0 bridgehead atoms. The highest BCUT2D eigenvalue weighted by molar-refractivity contribution is 6.02. The average Bonchev–Trinajstić information content (AvgIpc) is 2.43. The van der Waals surface area contributed by atoms with Gasteiger partial charge in [0.2, 0.25) is 5.79 Å². The zero-order valence-corrected chi connectivity index (χ0v) is 12.5. The minimum absolute atomic E-state index is 0.172. The number of ketones is 1. The van der Waals surface area contributed by atoms with Crippen molar-refractivity contribution >= 4 is 11.8 Å². The first-order chi connectivity index (χ1) is 9.77. The third kappa shape index (κ3) is 3.14. The summed E-state index contributed by atoms with van der Waals surface area (Å²) >= 11 is 0. The molecule has 0 aromatic heterocycles. The van der Waals surface area contributed by atoms with Crippen molar-refractivity contribution in [1.29, 1.82) is 0 Å². The zero-order valence-electron chi connectivity index (χ0n) is 12.5. The Balaban J connectivity index is 2.19. The fourth-order valence-electron chi connectivity index (χ4n) is 2.67. The molecule has 0 saturated carbocycles. The van der Waals surface area contributed by atoms with Crippen molar-refractivity contribution in [2.45, 2.75) is 51.1 Å². The molecule has 0 radical (unpaired) electrons. The van der Waals surface area contributed by atoms with Gasteiger partial charge in [0.15, 0.2) is 11.4 Å². The predicted octanol–water partition coefficient (Wildman–Crippen LogP) is 2.08. The molecular weight excluding hydrogens is 272 g/mol. The van der Waals surface area contributed by atoms with E-state index in [0.29, 0.717) is 5.56 Å². The molecule has 1 aliphatic heterocycles. The van der Waals surface area contributed by atoms with E-state index in [-0.39, 0.29) is 18.6 Å². The van der Waals surface area contributed by atoms with Gasteiger partial charge in [0.1, 0.15) is 0 Å². The number of esters is 1. The molecule has 1 fully saturated rings. The number of Topliss-reactive ketones (excluding diaryl/α,β-unsaturated/α-hetero) is 1. The van der Waals surface area contributed by atoms with Crippen molar-refractivity contribution in [2.24, 2.45) is 0 Å². The van der Waals surface area contributed by atoms with Crippen molar-refractivity contribution < 1.29 is 24.2 Å². The molecule has 0 spiro atoms. The third-order valence-corrected chi connectivity index (χ3v) is 3.85. The summed E-state index contributed by atoms with van der Waals surface area (Å²) in [6.45, 7) is 4.55. The van der Waals surface area contributed by atoms with Gasteiger partial charge in [-0.25, -0.2) is 0 Å². The Kier molecular flexibility index (Phi) is 4.16. The summed E-state index contributed by atoms with van der Waals surface area (Å²) in [5, 5.41) is 10.7. The molecule has 2 rings (SSSR count). The van der Waals surface area contributed by atoms with E-state index in [2.05, 4.69) is 0 Å². The lowest BCUT2D eigenvalue weighted by Crippen LogP contribution is -2.58. The van der Waals surface area contributed by atoms with Gasteiger partial charge in [-0.1, -0.05) is 30.3 Å². The van der Waals surface area contributed by atoms with Gasteiger partial charge in [0, 0.05) is 25.8 Å². The molecule has 1 N–H and O–H groups in total. The number of benzene rings is 1. The smallest absolute Gasteiger partial charge is 0.305 e. The minimum Gasteiger partial charge on any atom is -0.434 e. The molecule has 1 aromatic carbocycles. The number of hydrogen-bond acceptors (Lipinski definition) is 5. The van der Waals surface area contributed by atoms with E-state index in [4.69, 9.17) is 9.47 Å². The van der Waals surface area contributed by atoms with Gasteiger partial charge >= 0.3 is 5.97 Å². The largest absolute Gasteiger partial charge is 0.434 e. The predicted molar refractivity (Wildman–Crippen MR) is 75.7 cm³/mol. The maximum Gasteiger partial charge on any atom is 0.305 e. The van der Waals surface area contributed by atoms with Gasteiger partial charge in [-0.05, 0) is 13.3 Å². The Hall–Kier alpha value is -1.72. The first-order valence-corrected chi connectivity index (χ1v) is 6.96. The fraction of sp³-hybridized carbons (Fsp3) is 0.500. The van der Waals surface area contributed by atoms with Crippen molar-refractivity contribution in [3.8, 4) is 0 Å². The van der Waals surface area contributed by atoms with E-state index >= 15 is 0 Å². The Bertz CT molecular complexity index is 541. The van der Waals surface area contributed by atoms with Crippen LogP contribution in [0.3, 0.4) is 0 Å². The highest BCUT2D eigenvalue weighted by Gasteiger charge is 2.51. The number of ether oxygens (including phenoxy) is 2. The van der Waals surface area contributed by atoms with Crippen molar-refractivity contribution in [3.63, 3.8) is 0 Å². The molecular formula is C16H20O5. The summed E-state index contributed by atoms with van der Waals surface area (Å²) < 4.78 is 10.8. The van der Waals surface area contributed by atoms with Crippen molar-refractivity contribution in [1.82, 2.24) is 0 Å². The second-order valence-corrected chi connectivity index (χ2v) is 5.61. The van der Waals surface area contributed by atoms with Crippen LogP contribution in [0.25, 0.3) is 0 Å². The summed E-state index contributed by atoms with van der Waals surface area (Å²) in [5.41, 5.74) is -1.17. The molecule has 5 heteroatoms. The Labute approximate surface area is 123 Å². The standard InChI is InChI=1S/C16H20O5/c1-11-16(19,14(18)13-7-5-4-6-8-13)10-9-15(3,20-11)21-12(2)17/h4-8,11,19H,9-10H2,1-3H3/t11-,15+,16-/m0/s1. The molecule has 0 amide bonds. The second-order valence-electron chi connectivity index (χ2n) is 5.61. The number of carbonyl (C=O) groups is 2. The van der Waals surface area contributed by atoms with Gasteiger partial charge in [0.25, 0.3) is 0 Å². The van der Waals surface area contributed by atoms with E-state index in [1.807, 2.05) is 0 Å². The lowest BCUT2D eigenvalue weighted by atomic mass is 9.80. The van der Waals surface area contributed by atoms with Gasteiger partial charge in [-0.15, -0.1) is 0 Å². The number of rotatable bonds is 3. The molecule has 114 valence electrons. The molecule has 0 aliphatic carbocycles. The third-order valence-electron chi connectivity index (χ3n) is 3.85. The molecule has 3 atom stereocenters. The topological polar surface area (TPSA) is 72.8 Å². The Morgan fingerprint density at radius 3 is 2.43 bits per heavy atom. The quantitative estimate of drug-likeness (QED) is 0.682. The molecule has 21 heavy (non-hydrogen) atoms. The highest BCUT2D eigenvalue weighted by Crippen LogP contribution is 2.37. The Morgan fingerprint density at radius 2 is 1.90 bits per heavy atom. The SMILES string of the molecule is CC(=O)O[C@]1(C)CC[C@@](O)(C(=O)c2ccccc2)[C@H](C)O1. The first kappa shape index (κ1) is 15.7. The van der Waals surface area contributed by atoms with E-state index < -0.39 is 23.5 Å². The van der Waals surface area contributed by atoms with Crippen molar-refractivity contribution in [3.05, 3.63) is 35.9 Å². The van der Waals surface area contributed by atoms with E-state index in [1.54, 1.807) is 44.2 Å². The second kappa shape index (κ2) is 5.58. The number of hydrogen-bond donors (Lipinski definition) is 1. The van der Waals surface area contributed by atoms with E-state index in [0.717, 1.165) is 0 Å². The van der Waals surface area contributed by atoms with Gasteiger partial charge in [-0.3, -0.25) is 9.59 Å². The lowest BCUT2D eigenvalue weighted by molar-refractivity contribution is -0.284. The van der Waals surface area contributed by atoms with E-state index in [1.165, 1.54) is 6.92 Å².